The highest BCUT2D eigenvalue weighted by Gasteiger charge is 2.28. The summed E-state index contributed by atoms with van der Waals surface area (Å²) in [6.45, 7) is 8.13. The van der Waals surface area contributed by atoms with Crippen LogP contribution in [0, 0.1) is 0 Å². The van der Waals surface area contributed by atoms with Gasteiger partial charge < -0.3 is 11.1 Å². The molecule has 3 rings (SSSR count). The van der Waals surface area contributed by atoms with Crippen LogP contribution in [0.4, 0.5) is 5.00 Å². The molecule has 0 bridgehead atoms. The van der Waals surface area contributed by atoms with Gasteiger partial charge in [-0.1, -0.05) is 6.92 Å². The van der Waals surface area contributed by atoms with E-state index in [4.69, 9.17) is 5.73 Å². The van der Waals surface area contributed by atoms with Crippen molar-refractivity contribution >= 4 is 38.2 Å². The predicted molar refractivity (Wildman–Crippen MR) is 122 cm³/mol. The van der Waals surface area contributed by atoms with Crippen LogP contribution in [-0.4, -0.2) is 55.6 Å². The van der Waals surface area contributed by atoms with Gasteiger partial charge in [0.2, 0.25) is 10.0 Å². The smallest absolute Gasteiger partial charge is 0.256 e. The number of nitrogens with zero attached hydrogens (tertiary/aromatic N) is 2. The third-order valence-corrected chi connectivity index (χ3v) is 8.76. The van der Waals surface area contributed by atoms with Gasteiger partial charge >= 0.3 is 0 Å². The van der Waals surface area contributed by atoms with Gasteiger partial charge in [0.05, 0.1) is 10.5 Å². The minimum atomic E-state index is -3.63. The summed E-state index contributed by atoms with van der Waals surface area (Å²) in [4.78, 5) is 28.3. The highest BCUT2D eigenvalue weighted by atomic mass is 32.2. The monoisotopic (exact) mass is 464 g/mol. The van der Waals surface area contributed by atoms with Crippen LogP contribution in [0.2, 0.25) is 0 Å². The molecule has 168 valence electrons. The lowest BCUT2D eigenvalue weighted by Gasteiger charge is -2.25. The maximum atomic E-state index is 12.8. The number of rotatable bonds is 7. The van der Waals surface area contributed by atoms with Crippen molar-refractivity contribution < 1.29 is 18.0 Å². The van der Waals surface area contributed by atoms with Crippen LogP contribution < -0.4 is 11.1 Å². The molecule has 0 unspecified atom stereocenters. The molecule has 1 aromatic carbocycles. The molecule has 2 heterocycles. The molecule has 0 atom stereocenters. The van der Waals surface area contributed by atoms with Crippen molar-refractivity contribution in [3.8, 4) is 0 Å². The summed E-state index contributed by atoms with van der Waals surface area (Å²) >= 11 is 1.37. The molecule has 8 nitrogen and oxygen atoms in total. The molecule has 0 saturated carbocycles. The van der Waals surface area contributed by atoms with Crippen LogP contribution in [0.3, 0.4) is 0 Å². The maximum absolute atomic E-state index is 12.8. The third-order valence-electron chi connectivity index (χ3n) is 5.58. The first-order chi connectivity index (χ1) is 14.6. The summed E-state index contributed by atoms with van der Waals surface area (Å²) in [5.41, 5.74) is 7.20. The average molecular weight is 465 g/mol. The Labute approximate surface area is 187 Å². The molecular formula is C21H28N4O4S2. The number of amides is 2. The topological polar surface area (TPSA) is 113 Å². The average Bonchev–Trinajstić information content (AvgIpc) is 3.09. The van der Waals surface area contributed by atoms with E-state index in [9.17, 15) is 18.0 Å². The normalized spacial score (nSPS) is 14.6. The molecule has 3 N–H and O–H groups in total. The summed E-state index contributed by atoms with van der Waals surface area (Å²) < 4.78 is 26.5. The molecule has 10 heteroatoms. The largest absolute Gasteiger partial charge is 0.365 e. The number of primary amides is 1. The first kappa shape index (κ1) is 23.4. The minimum Gasteiger partial charge on any atom is -0.365 e. The van der Waals surface area contributed by atoms with Crippen molar-refractivity contribution in [2.24, 2.45) is 5.73 Å². The number of thiophene rings is 1. The van der Waals surface area contributed by atoms with Crippen molar-refractivity contribution in [1.29, 1.82) is 0 Å². The van der Waals surface area contributed by atoms with Crippen LogP contribution in [0.5, 0.6) is 0 Å². The molecule has 0 aliphatic carbocycles. The van der Waals surface area contributed by atoms with E-state index < -0.39 is 21.8 Å². The van der Waals surface area contributed by atoms with Crippen molar-refractivity contribution in [3.63, 3.8) is 0 Å². The maximum Gasteiger partial charge on any atom is 0.256 e. The predicted octanol–water partition coefficient (Wildman–Crippen LogP) is 2.51. The van der Waals surface area contributed by atoms with E-state index in [-0.39, 0.29) is 10.9 Å². The number of carbonyl (C=O) groups excluding carboxylic acids is 2. The van der Waals surface area contributed by atoms with Crippen molar-refractivity contribution in [1.82, 2.24) is 9.21 Å². The number of likely N-dealkylation sites (N-methyl/N-ethyl adjacent to an activating group) is 1. The van der Waals surface area contributed by atoms with Crippen LogP contribution in [0.15, 0.2) is 29.2 Å². The Bertz CT molecular complexity index is 1090. The second-order valence-electron chi connectivity index (χ2n) is 7.78. The summed E-state index contributed by atoms with van der Waals surface area (Å²) in [6, 6.07) is 5.57. The number of hydrogen-bond acceptors (Lipinski definition) is 6. The lowest BCUT2D eigenvalue weighted by Crippen LogP contribution is -2.33. The van der Waals surface area contributed by atoms with E-state index >= 15 is 0 Å². The minimum absolute atomic E-state index is 0.115. The van der Waals surface area contributed by atoms with Gasteiger partial charge in [-0.15, -0.1) is 11.3 Å². The number of fused-ring (bicyclic) bond motifs is 1. The standard InChI is InChI=1S/C21H28N4O4S2/c1-5-25-11-10-16-17(12-25)30-21(18(16)19(22)26)23-20(27)14-6-8-15(9-7-14)31(28,29)24(4)13(2)3/h6-9,13H,5,10-12H2,1-4H3,(H2,22,26)(H,23,27). The van der Waals surface area contributed by atoms with E-state index in [0.29, 0.717) is 22.5 Å². The van der Waals surface area contributed by atoms with E-state index in [1.165, 1.54) is 47.0 Å². The number of sulfonamides is 1. The molecule has 2 amide bonds. The number of nitrogens with two attached hydrogens (primary N) is 1. The van der Waals surface area contributed by atoms with Crippen LogP contribution in [0.1, 0.15) is 51.9 Å². The number of benzene rings is 1. The Balaban J connectivity index is 1.84. The van der Waals surface area contributed by atoms with Gasteiger partial charge in [0.15, 0.2) is 0 Å². The van der Waals surface area contributed by atoms with Crippen LogP contribution in [-0.2, 0) is 23.0 Å². The molecule has 0 radical (unpaired) electrons. The van der Waals surface area contributed by atoms with Crippen LogP contribution >= 0.6 is 11.3 Å². The number of carbonyl (C=O) groups is 2. The van der Waals surface area contributed by atoms with Gasteiger partial charge in [-0.05, 0) is 56.6 Å². The van der Waals surface area contributed by atoms with Gasteiger partial charge in [0.25, 0.3) is 11.8 Å². The second kappa shape index (κ2) is 9.07. The van der Waals surface area contributed by atoms with E-state index in [2.05, 4.69) is 17.1 Å². The lowest BCUT2D eigenvalue weighted by molar-refractivity contribution is 0.1000. The summed E-state index contributed by atoms with van der Waals surface area (Å²) in [7, 11) is -2.11. The molecule has 31 heavy (non-hydrogen) atoms. The first-order valence-corrected chi connectivity index (χ1v) is 12.4. The summed E-state index contributed by atoms with van der Waals surface area (Å²) in [6.07, 6.45) is 0.712. The lowest BCUT2D eigenvalue weighted by atomic mass is 10.0. The Hall–Kier alpha value is -2.27. The van der Waals surface area contributed by atoms with Crippen molar-refractivity contribution in [2.75, 3.05) is 25.5 Å². The quantitative estimate of drug-likeness (QED) is 0.654. The molecule has 2 aromatic rings. The SMILES string of the molecule is CCN1CCc2c(sc(NC(=O)c3ccc(S(=O)(=O)N(C)C(C)C)cc3)c2C(N)=O)C1. The summed E-state index contributed by atoms with van der Waals surface area (Å²) in [5, 5.41) is 3.24. The van der Waals surface area contributed by atoms with Gasteiger partial charge in [0, 0.05) is 36.6 Å². The highest BCUT2D eigenvalue weighted by molar-refractivity contribution is 7.89. The molecule has 1 aliphatic rings. The fourth-order valence-electron chi connectivity index (χ4n) is 3.47. The first-order valence-electron chi connectivity index (χ1n) is 10.1. The van der Waals surface area contributed by atoms with Gasteiger partial charge in [-0.3, -0.25) is 14.5 Å². The third kappa shape index (κ3) is 4.67. The zero-order valence-electron chi connectivity index (χ0n) is 18.1. The van der Waals surface area contributed by atoms with Crippen LogP contribution in [0.25, 0.3) is 0 Å². The molecule has 0 saturated heterocycles. The Morgan fingerprint density at radius 3 is 2.45 bits per heavy atom. The zero-order valence-corrected chi connectivity index (χ0v) is 19.8. The Morgan fingerprint density at radius 2 is 1.90 bits per heavy atom. The molecule has 1 aliphatic heterocycles. The molecular weight excluding hydrogens is 436 g/mol. The Kier molecular flexibility index (Phi) is 6.85. The number of hydrogen-bond donors (Lipinski definition) is 2. The van der Waals surface area contributed by atoms with Crippen molar-refractivity contribution in [2.45, 2.75) is 44.7 Å². The molecule has 1 aromatic heterocycles. The second-order valence-corrected chi connectivity index (χ2v) is 10.9. The Morgan fingerprint density at radius 1 is 1.26 bits per heavy atom. The summed E-state index contributed by atoms with van der Waals surface area (Å²) in [5.74, 6) is -0.981. The number of nitrogens with one attached hydrogen (secondary N) is 1. The van der Waals surface area contributed by atoms with Gasteiger partial charge in [-0.25, -0.2) is 8.42 Å². The zero-order chi connectivity index (χ0) is 22.9. The molecule has 0 fully saturated rings. The van der Waals surface area contributed by atoms with Gasteiger partial charge in [-0.2, -0.15) is 4.31 Å². The van der Waals surface area contributed by atoms with E-state index in [0.717, 1.165) is 30.1 Å². The van der Waals surface area contributed by atoms with E-state index in [1.807, 2.05) is 0 Å². The molecule has 0 spiro atoms. The highest BCUT2D eigenvalue weighted by Crippen LogP contribution is 2.37. The number of anilines is 1. The van der Waals surface area contributed by atoms with Gasteiger partial charge in [0.1, 0.15) is 5.00 Å². The van der Waals surface area contributed by atoms with Crippen molar-refractivity contribution in [3.05, 3.63) is 45.8 Å². The fraction of sp³-hybridized carbons (Fsp3) is 0.429. The van der Waals surface area contributed by atoms with E-state index in [1.54, 1.807) is 13.8 Å². The fourth-order valence-corrected chi connectivity index (χ4v) is 6.13.